The molecule has 0 fully saturated rings. The zero-order valence-corrected chi connectivity index (χ0v) is 13.3. The molecule has 0 aliphatic rings. The molecule has 0 bridgehead atoms. The summed E-state index contributed by atoms with van der Waals surface area (Å²) >= 11 is 6.36. The molecular weight excluding hydrogens is 284 g/mol. The summed E-state index contributed by atoms with van der Waals surface area (Å²) in [6, 6.07) is 8.68. The molecule has 2 aromatic heterocycles. The first-order valence-corrected chi connectivity index (χ1v) is 7.38. The summed E-state index contributed by atoms with van der Waals surface area (Å²) in [6.45, 7) is 3.53. The number of fused-ring (bicyclic) bond motifs is 1. The number of hydrogen-bond donors (Lipinski definition) is 1. The number of hydrogen-bond acceptors (Lipinski definition) is 2. The summed E-state index contributed by atoms with van der Waals surface area (Å²) in [6.07, 6.45) is 2.10. The highest BCUT2D eigenvalue weighted by atomic mass is 35.5. The van der Waals surface area contributed by atoms with Crippen LogP contribution in [0.1, 0.15) is 17.0 Å². The molecule has 0 saturated heterocycles. The van der Waals surface area contributed by atoms with Crippen molar-refractivity contribution >= 4 is 22.5 Å². The maximum absolute atomic E-state index is 6.36. The maximum atomic E-state index is 6.36. The summed E-state index contributed by atoms with van der Waals surface area (Å²) in [5.74, 6) is 0. The minimum absolute atomic E-state index is 0.725. The summed E-state index contributed by atoms with van der Waals surface area (Å²) in [5, 5.41) is 9.56. The van der Waals surface area contributed by atoms with Crippen molar-refractivity contribution in [3.05, 3.63) is 52.4 Å². The maximum Gasteiger partial charge on any atom is 0.0865 e. The third kappa shape index (κ3) is 2.57. The lowest BCUT2D eigenvalue weighted by Gasteiger charge is -2.08. The highest BCUT2D eigenvalue weighted by Gasteiger charge is 2.12. The molecule has 0 saturated carbocycles. The van der Waals surface area contributed by atoms with Crippen LogP contribution < -0.4 is 5.32 Å². The number of aromatic nitrogens is 3. The molecule has 5 heteroatoms. The van der Waals surface area contributed by atoms with Crippen LogP contribution >= 0.6 is 11.6 Å². The Morgan fingerprint density at radius 1 is 1.29 bits per heavy atom. The Kier molecular flexibility index (Phi) is 3.74. The molecule has 2 heterocycles. The van der Waals surface area contributed by atoms with Gasteiger partial charge in [0.1, 0.15) is 0 Å². The van der Waals surface area contributed by atoms with Crippen molar-refractivity contribution in [2.24, 2.45) is 7.05 Å². The fourth-order valence-electron chi connectivity index (χ4n) is 2.69. The Labute approximate surface area is 129 Å². The summed E-state index contributed by atoms with van der Waals surface area (Å²) in [5.41, 5.74) is 4.40. The standard InChI is InChI=1S/C16H19ClN4/c1-11-16(17)15(20(3)19-11)10-21-7-6-13-5-4-12(9-18-2)8-14(13)21/h4-8,18H,9-10H2,1-3H3. The Bertz CT molecular complexity index is 785. The molecule has 0 atom stereocenters. The SMILES string of the molecule is CNCc1ccc2ccn(Cc3c(Cl)c(C)nn3C)c2c1. The molecule has 0 spiro atoms. The van der Waals surface area contributed by atoms with Gasteiger partial charge in [0.15, 0.2) is 0 Å². The van der Waals surface area contributed by atoms with Crippen LogP contribution in [0.25, 0.3) is 10.9 Å². The molecule has 0 amide bonds. The normalized spacial score (nSPS) is 11.4. The average Bonchev–Trinajstić information content (AvgIpc) is 2.96. The number of nitrogens with one attached hydrogen (secondary N) is 1. The van der Waals surface area contributed by atoms with Gasteiger partial charge in [0.25, 0.3) is 0 Å². The minimum Gasteiger partial charge on any atom is -0.341 e. The number of nitrogens with zero attached hydrogens (tertiary/aromatic N) is 3. The van der Waals surface area contributed by atoms with Crippen LogP contribution in [0, 0.1) is 6.92 Å². The lowest BCUT2D eigenvalue weighted by atomic mass is 10.1. The van der Waals surface area contributed by atoms with Gasteiger partial charge < -0.3 is 9.88 Å². The van der Waals surface area contributed by atoms with E-state index < -0.39 is 0 Å². The quantitative estimate of drug-likeness (QED) is 0.803. The molecule has 0 aliphatic heterocycles. The lowest BCUT2D eigenvalue weighted by molar-refractivity contribution is 0.673. The van der Waals surface area contributed by atoms with E-state index in [0.717, 1.165) is 29.5 Å². The zero-order valence-electron chi connectivity index (χ0n) is 12.5. The molecule has 21 heavy (non-hydrogen) atoms. The van der Waals surface area contributed by atoms with Crippen molar-refractivity contribution in [1.82, 2.24) is 19.7 Å². The van der Waals surface area contributed by atoms with Crippen LogP contribution in [0.3, 0.4) is 0 Å². The molecule has 4 nitrogen and oxygen atoms in total. The van der Waals surface area contributed by atoms with Crippen molar-refractivity contribution in [3.63, 3.8) is 0 Å². The topological polar surface area (TPSA) is 34.8 Å². The third-order valence-corrected chi connectivity index (χ3v) is 4.29. The second-order valence-corrected chi connectivity index (χ2v) is 5.71. The van der Waals surface area contributed by atoms with Gasteiger partial charge in [0, 0.05) is 25.3 Å². The lowest BCUT2D eigenvalue weighted by Crippen LogP contribution is -2.07. The van der Waals surface area contributed by atoms with Crippen LogP contribution in [-0.4, -0.2) is 21.4 Å². The van der Waals surface area contributed by atoms with Crippen LogP contribution in [-0.2, 0) is 20.1 Å². The molecule has 1 aromatic carbocycles. The van der Waals surface area contributed by atoms with Crippen LogP contribution in [0.4, 0.5) is 0 Å². The summed E-state index contributed by atoms with van der Waals surface area (Å²) < 4.78 is 4.08. The Balaban J connectivity index is 2.02. The molecule has 110 valence electrons. The zero-order chi connectivity index (χ0) is 15.0. The van der Waals surface area contributed by atoms with E-state index >= 15 is 0 Å². The van der Waals surface area contributed by atoms with Gasteiger partial charge in [0.05, 0.1) is 23.0 Å². The first-order chi connectivity index (χ1) is 10.1. The van der Waals surface area contributed by atoms with Crippen LogP contribution in [0.15, 0.2) is 30.5 Å². The van der Waals surface area contributed by atoms with Crippen molar-refractivity contribution in [2.45, 2.75) is 20.0 Å². The van der Waals surface area contributed by atoms with Crippen molar-refractivity contribution in [3.8, 4) is 0 Å². The number of aryl methyl sites for hydroxylation is 2. The second kappa shape index (κ2) is 5.54. The van der Waals surface area contributed by atoms with E-state index in [1.54, 1.807) is 0 Å². The van der Waals surface area contributed by atoms with E-state index in [9.17, 15) is 0 Å². The van der Waals surface area contributed by atoms with E-state index in [-0.39, 0.29) is 0 Å². The molecule has 0 unspecified atom stereocenters. The Morgan fingerprint density at radius 3 is 2.76 bits per heavy atom. The molecule has 0 aliphatic carbocycles. The van der Waals surface area contributed by atoms with E-state index in [2.05, 4.69) is 45.4 Å². The predicted octanol–water partition coefficient (Wildman–Crippen LogP) is 3.10. The summed E-state index contributed by atoms with van der Waals surface area (Å²) in [7, 11) is 3.90. The fraction of sp³-hybridized carbons (Fsp3) is 0.312. The largest absolute Gasteiger partial charge is 0.341 e. The van der Waals surface area contributed by atoms with Gasteiger partial charge in [-0.1, -0.05) is 23.7 Å². The monoisotopic (exact) mass is 302 g/mol. The predicted molar refractivity (Wildman–Crippen MR) is 86.8 cm³/mol. The smallest absolute Gasteiger partial charge is 0.0865 e. The van der Waals surface area contributed by atoms with Crippen LogP contribution in [0.2, 0.25) is 5.02 Å². The van der Waals surface area contributed by atoms with Gasteiger partial charge in [-0.2, -0.15) is 5.10 Å². The first-order valence-electron chi connectivity index (χ1n) is 7.00. The Morgan fingerprint density at radius 2 is 2.10 bits per heavy atom. The van der Waals surface area contributed by atoms with E-state index in [1.165, 1.54) is 16.5 Å². The van der Waals surface area contributed by atoms with E-state index in [0.29, 0.717) is 0 Å². The van der Waals surface area contributed by atoms with Gasteiger partial charge in [-0.3, -0.25) is 4.68 Å². The second-order valence-electron chi connectivity index (χ2n) is 5.34. The molecular formula is C16H19ClN4. The third-order valence-electron chi connectivity index (χ3n) is 3.80. The van der Waals surface area contributed by atoms with Gasteiger partial charge in [-0.05, 0) is 37.1 Å². The van der Waals surface area contributed by atoms with Crippen molar-refractivity contribution in [1.29, 1.82) is 0 Å². The highest BCUT2D eigenvalue weighted by molar-refractivity contribution is 6.31. The molecule has 3 rings (SSSR count). The number of benzene rings is 1. The van der Waals surface area contributed by atoms with Gasteiger partial charge in [-0.15, -0.1) is 0 Å². The van der Waals surface area contributed by atoms with Crippen molar-refractivity contribution in [2.75, 3.05) is 7.05 Å². The van der Waals surface area contributed by atoms with Gasteiger partial charge in [0.2, 0.25) is 0 Å². The van der Waals surface area contributed by atoms with Crippen LogP contribution in [0.5, 0.6) is 0 Å². The minimum atomic E-state index is 0.725. The molecule has 1 N–H and O–H groups in total. The van der Waals surface area contributed by atoms with Crippen molar-refractivity contribution < 1.29 is 0 Å². The highest BCUT2D eigenvalue weighted by Crippen LogP contribution is 2.23. The van der Waals surface area contributed by atoms with E-state index in [4.69, 9.17) is 11.6 Å². The van der Waals surface area contributed by atoms with E-state index in [1.807, 2.05) is 25.7 Å². The fourth-order valence-corrected chi connectivity index (χ4v) is 2.91. The molecule has 3 aromatic rings. The summed E-state index contributed by atoms with van der Waals surface area (Å²) in [4.78, 5) is 0. The first kappa shape index (κ1) is 14.2. The Hall–Kier alpha value is -1.78. The number of rotatable bonds is 4. The van der Waals surface area contributed by atoms with Gasteiger partial charge >= 0.3 is 0 Å². The van der Waals surface area contributed by atoms with Gasteiger partial charge in [-0.25, -0.2) is 0 Å². The molecule has 0 radical (unpaired) electrons. The average molecular weight is 303 g/mol. The number of halogens is 1.